The van der Waals surface area contributed by atoms with Gasteiger partial charge in [-0.25, -0.2) is 0 Å². The molecule has 1 aromatic rings. The minimum atomic E-state index is -4.59. The highest BCUT2D eigenvalue weighted by molar-refractivity contribution is 5.95. The molecule has 1 aromatic heterocycles. The van der Waals surface area contributed by atoms with Gasteiger partial charge in [-0.05, 0) is 19.9 Å². The van der Waals surface area contributed by atoms with E-state index >= 15 is 0 Å². The van der Waals surface area contributed by atoms with Gasteiger partial charge in [-0.1, -0.05) is 0 Å². The fraction of sp³-hybridized carbons (Fsp3) is 0.667. The van der Waals surface area contributed by atoms with E-state index in [0.29, 0.717) is 6.54 Å². The monoisotopic (exact) mass is 326 g/mol. The molecule has 0 bridgehead atoms. The number of nitrogens with one attached hydrogen (secondary N) is 1. The average Bonchev–Trinajstić information content (AvgIpc) is 3.04. The Morgan fingerprint density at radius 1 is 1.57 bits per heavy atom. The third-order valence-corrected chi connectivity index (χ3v) is 3.54. The summed E-state index contributed by atoms with van der Waals surface area (Å²) in [4.78, 5) is 13.6. The van der Waals surface area contributed by atoms with Gasteiger partial charge in [0, 0.05) is 26.2 Å². The van der Waals surface area contributed by atoms with Crippen molar-refractivity contribution in [2.24, 2.45) is 0 Å². The highest BCUT2D eigenvalue weighted by Crippen LogP contribution is 2.32. The van der Waals surface area contributed by atoms with E-state index in [2.05, 4.69) is 10.4 Å². The van der Waals surface area contributed by atoms with Crippen LogP contribution in [0.1, 0.15) is 29.4 Å². The summed E-state index contributed by atoms with van der Waals surface area (Å²) >= 11 is 0. The summed E-state index contributed by atoms with van der Waals surface area (Å²) in [6.45, 7) is 2.99. The van der Waals surface area contributed by atoms with Gasteiger partial charge in [0.2, 0.25) is 0 Å². The Bertz CT molecular complexity index is 497. The number of aromatic nitrogens is 2. The molecule has 0 saturated carbocycles. The lowest BCUT2D eigenvalue weighted by Gasteiger charge is -2.24. The molecule has 2 rings (SSSR count). The molecule has 1 atom stereocenters. The molecule has 0 radical (unpaired) electrons. The Morgan fingerprint density at radius 2 is 2.24 bits per heavy atom. The van der Waals surface area contributed by atoms with E-state index in [1.54, 1.807) is 6.92 Å². The molecule has 1 aliphatic heterocycles. The van der Waals surface area contributed by atoms with Crippen LogP contribution >= 0.6 is 12.4 Å². The van der Waals surface area contributed by atoms with E-state index in [4.69, 9.17) is 0 Å². The van der Waals surface area contributed by atoms with Gasteiger partial charge in [0.15, 0.2) is 5.69 Å². The van der Waals surface area contributed by atoms with Crippen LogP contribution in [0.15, 0.2) is 6.20 Å². The Hall–Kier alpha value is -1.28. The number of carbonyl (C=O) groups is 1. The zero-order chi connectivity index (χ0) is 14.9. The quantitative estimate of drug-likeness (QED) is 0.921. The van der Waals surface area contributed by atoms with Crippen LogP contribution in [0.25, 0.3) is 0 Å². The second-order valence-electron chi connectivity index (χ2n) is 4.78. The fourth-order valence-corrected chi connectivity index (χ4v) is 2.41. The van der Waals surface area contributed by atoms with Gasteiger partial charge >= 0.3 is 6.18 Å². The maximum absolute atomic E-state index is 13.1. The van der Waals surface area contributed by atoms with Gasteiger partial charge in [0.25, 0.3) is 5.91 Å². The molecule has 1 saturated heterocycles. The summed E-state index contributed by atoms with van der Waals surface area (Å²) in [5, 5.41) is 6.75. The van der Waals surface area contributed by atoms with Gasteiger partial charge in [-0.2, -0.15) is 18.3 Å². The van der Waals surface area contributed by atoms with Crippen molar-refractivity contribution >= 4 is 18.3 Å². The molecule has 1 N–H and O–H groups in total. The SMILES string of the molecule is CCn1ncc(C(=O)N(C)C2CCNC2)c1C(F)(F)F.Cl. The van der Waals surface area contributed by atoms with Crippen LogP contribution < -0.4 is 5.32 Å². The first kappa shape index (κ1) is 17.8. The van der Waals surface area contributed by atoms with Crippen molar-refractivity contribution in [2.45, 2.75) is 32.1 Å². The number of hydrogen-bond acceptors (Lipinski definition) is 3. The highest BCUT2D eigenvalue weighted by Gasteiger charge is 2.41. The molecule has 1 fully saturated rings. The summed E-state index contributed by atoms with van der Waals surface area (Å²) < 4.78 is 40.1. The minimum Gasteiger partial charge on any atom is -0.337 e. The first-order chi connectivity index (χ1) is 9.36. The maximum atomic E-state index is 13.1. The van der Waals surface area contributed by atoms with Gasteiger partial charge in [0.05, 0.1) is 11.8 Å². The van der Waals surface area contributed by atoms with Gasteiger partial charge < -0.3 is 10.2 Å². The van der Waals surface area contributed by atoms with E-state index in [1.165, 1.54) is 11.9 Å². The molecule has 5 nitrogen and oxygen atoms in total. The minimum absolute atomic E-state index is 0. The van der Waals surface area contributed by atoms with Gasteiger partial charge in [-0.3, -0.25) is 9.48 Å². The second kappa shape index (κ2) is 6.65. The fourth-order valence-electron chi connectivity index (χ4n) is 2.41. The number of halogens is 4. The van der Waals surface area contributed by atoms with Crippen molar-refractivity contribution in [3.05, 3.63) is 17.5 Å². The van der Waals surface area contributed by atoms with Crippen LogP contribution in [0.5, 0.6) is 0 Å². The molecule has 0 aliphatic carbocycles. The summed E-state index contributed by atoms with van der Waals surface area (Å²) in [7, 11) is 1.53. The normalized spacial score (nSPS) is 18.4. The zero-order valence-electron chi connectivity index (χ0n) is 11.8. The molecular weight excluding hydrogens is 309 g/mol. The van der Waals surface area contributed by atoms with E-state index in [1.807, 2.05) is 0 Å². The first-order valence-electron chi connectivity index (χ1n) is 6.47. The number of carbonyl (C=O) groups excluding carboxylic acids is 1. The summed E-state index contributed by atoms with van der Waals surface area (Å²) in [5.74, 6) is -0.634. The Balaban J connectivity index is 0.00000220. The summed E-state index contributed by atoms with van der Waals surface area (Å²) in [5.41, 5.74) is -1.35. The lowest BCUT2D eigenvalue weighted by Crippen LogP contribution is -2.39. The molecule has 0 spiro atoms. The van der Waals surface area contributed by atoms with Crippen LogP contribution in [-0.4, -0.2) is 46.8 Å². The molecule has 1 amide bonds. The van der Waals surface area contributed by atoms with Crippen molar-refractivity contribution in [3.8, 4) is 0 Å². The van der Waals surface area contributed by atoms with Gasteiger partial charge in [0.1, 0.15) is 0 Å². The Morgan fingerprint density at radius 3 is 2.71 bits per heavy atom. The molecular formula is C12H18ClF3N4O. The maximum Gasteiger partial charge on any atom is 0.433 e. The first-order valence-corrected chi connectivity index (χ1v) is 6.47. The lowest BCUT2D eigenvalue weighted by molar-refractivity contribution is -0.144. The number of amides is 1. The molecule has 21 heavy (non-hydrogen) atoms. The number of likely N-dealkylation sites (N-methyl/N-ethyl adjacent to an activating group) is 1. The molecule has 9 heteroatoms. The van der Waals surface area contributed by atoms with Crippen molar-refractivity contribution in [3.63, 3.8) is 0 Å². The topological polar surface area (TPSA) is 50.2 Å². The second-order valence-corrected chi connectivity index (χ2v) is 4.78. The van der Waals surface area contributed by atoms with Crippen LogP contribution in [0.2, 0.25) is 0 Å². The highest BCUT2D eigenvalue weighted by atomic mass is 35.5. The van der Waals surface area contributed by atoms with Crippen LogP contribution in [0, 0.1) is 0 Å². The summed E-state index contributed by atoms with van der Waals surface area (Å²) in [6, 6.07) is -0.0754. The molecule has 1 unspecified atom stereocenters. The van der Waals surface area contributed by atoms with E-state index in [0.717, 1.165) is 23.8 Å². The molecule has 1 aliphatic rings. The van der Waals surface area contributed by atoms with Crippen molar-refractivity contribution < 1.29 is 18.0 Å². The van der Waals surface area contributed by atoms with Crippen molar-refractivity contribution in [1.29, 1.82) is 0 Å². The van der Waals surface area contributed by atoms with Crippen LogP contribution in [0.3, 0.4) is 0 Å². The van der Waals surface area contributed by atoms with Crippen molar-refractivity contribution in [1.82, 2.24) is 20.0 Å². The molecule has 0 aromatic carbocycles. The smallest absolute Gasteiger partial charge is 0.337 e. The lowest BCUT2D eigenvalue weighted by atomic mass is 10.1. The Kier molecular flexibility index (Phi) is 5.63. The predicted molar refractivity (Wildman–Crippen MR) is 73.5 cm³/mol. The van der Waals surface area contributed by atoms with E-state index < -0.39 is 17.8 Å². The predicted octanol–water partition coefficient (Wildman–Crippen LogP) is 1.78. The summed E-state index contributed by atoms with van der Waals surface area (Å²) in [6.07, 6.45) is -2.84. The number of hydrogen-bond donors (Lipinski definition) is 1. The van der Waals surface area contributed by atoms with E-state index in [9.17, 15) is 18.0 Å². The van der Waals surface area contributed by atoms with E-state index in [-0.39, 0.29) is 30.6 Å². The van der Waals surface area contributed by atoms with Crippen LogP contribution in [-0.2, 0) is 12.7 Å². The van der Waals surface area contributed by atoms with Crippen LogP contribution in [0.4, 0.5) is 13.2 Å². The average molecular weight is 327 g/mol. The zero-order valence-corrected chi connectivity index (χ0v) is 12.6. The Labute approximate surface area is 126 Å². The molecule has 2 heterocycles. The number of nitrogens with zero attached hydrogens (tertiary/aromatic N) is 3. The number of aryl methyl sites for hydroxylation is 1. The third kappa shape index (κ3) is 3.49. The molecule has 120 valence electrons. The third-order valence-electron chi connectivity index (χ3n) is 3.54. The van der Waals surface area contributed by atoms with Gasteiger partial charge in [-0.15, -0.1) is 12.4 Å². The number of alkyl halides is 3. The largest absolute Gasteiger partial charge is 0.433 e. The van der Waals surface area contributed by atoms with Crippen molar-refractivity contribution in [2.75, 3.05) is 20.1 Å². The number of rotatable bonds is 3. The standard InChI is InChI=1S/C12H17F3N4O.ClH/c1-3-19-10(12(13,14)15)9(7-17-19)11(20)18(2)8-4-5-16-6-8;/h7-8,16H,3-6H2,1-2H3;1H.